The van der Waals surface area contributed by atoms with E-state index in [1.807, 2.05) is 25.1 Å². The largest absolute Gasteiger partial charge is 0.508 e. The number of carbonyl (C=O) groups is 2. The van der Waals surface area contributed by atoms with Crippen molar-refractivity contribution in [1.29, 1.82) is 0 Å². The number of oxime groups is 1. The van der Waals surface area contributed by atoms with Crippen molar-refractivity contribution in [2.45, 2.75) is 58.6 Å². The maximum absolute atomic E-state index is 14.1. The number of fused-ring (bicyclic) bond motifs is 8. The smallest absolute Gasteiger partial charge is 0.355 e. The number of nitrogens with zero attached hydrogens (tertiary/aromatic N) is 7. The first-order valence-electron chi connectivity index (χ1n) is 18.4. The van der Waals surface area contributed by atoms with Crippen molar-refractivity contribution < 1.29 is 43.8 Å². The van der Waals surface area contributed by atoms with Gasteiger partial charge in [-0.2, -0.15) is 0 Å². The van der Waals surface area contributed by atoms with Crippen molar-refractivity contribution in [3.63, 3.8) is 0 Å². The van der Waals surface area contributed by atoms with Gasteiger partial charge < -0.3 is 28.9 Å². The van der Waals surface area contributed by atoms with Crippen LogP contribution < -0.4 is 5.56 Å². The molecule has 306 valence electrons. The summed E-state index contributed by atoms with van der Waals surface area (Å²) in [6, 6.07) is 10.7. The van der Waals surface area contributed by atoms with Crippen LogP contribution in [0.3, 0.4) is 0 Å². The van der Waals surface area contributed by atoms with Crippen LogP contribution in [-0.4, -0.2) is 72.2 Å². The second kappa shape index (κ2) is 14.0. The van der Waals surface area contributed by atoms with E-state index in [0.29, 0.717) is 40.0 Å². The summed E-state index contributed by atoms with van der Waals surface area (Å²) in [5.41, 5.74) is -1.62. The first kappa shape index (κ1) is 39.2. The molecule has 0 bridgehead atoms. The van der Waals surface area contributed by atoms with Crippen LogP contribution in [0.2, 0.25) is 0 Å². The molecule has 2 aromatic heterocycles. The van der Waals surface area contributed by atoms with E-state index in [1.165, 1.54) is 24.5 Å². The summed E-state index contributed by atoms with van der Waals surface area (Å²) in [7, 11) is 3.73. The quantitative estimate of drug-likeness (QED) is 0.105. The van der Waals surface area contributed by atoms with E-state index in [2.05, 4.69) is 5.16 Å². The van der Waals surface area contributed by atoms with Gasteiger partial charge in [-0.15, -0.1) is 0 Å². The molecule has 2 aliphatic heterocycles. The summed E-state index contributed by atoms with van der Waals surface area (Å²) in [6.07, 6.45) is -1.81. The van der Waals surface area contributed by atoms with Crippen LogP contribution in [0, 0.1) is 37.3 Å². The van der Waals surface area contributed by atoms with Crippen molar-refractivity contribution in [2.24, 2.45) is 5.16 Å². The van der Waals surface area contributed by atoms with E-state index in [9.17, 15) is 49.8 Å². The third kappa shape index (κ3) is 5.98. The summed E-state index contributed by atoms with van der Waals surface area (Å²) >= 11 is 0. The number of ether oxygens (including phenoxy) is 2. The van der Waals surface area contributed by atoms with Gasteiger partial charge in [0.05, 0.1) is 55.4 Å². The molecule has 1 N–H and O–H groups in total. The maximum Gasteiger partial charge on any atom is 0.355 e. The van der Waals surface area contributed by atoms with Crippen LogP contribution in [-0.2, 0) is 49.2 Å². The molecule has 1 aliphatic carbocycles. The number of aromatic nitrogens is 2. The molecule has 0 unspecified atom stereocenters. The highest BCUT2D eigenvalue weighted by atomic mass is 16.7. The minimum Gasteiger partial charge on any atom is -0.508 e. The lowest BCUT2D eigenvalue weighted by Crippen LogP contribution is -2.48. The van der Waals surface area contributed by atoms with Gasteiger partial charge in [-0.25, -0.2) is 14.6 Å². The Kier molecular flexibility index (Phi) is 9.18. The summed E-state index contributed by atoms with van der Waals surface area (Å²) in [5.74, 6) is -2.01. The summed E-state index contributed by atoms with van der Waals surface area (Å²) < 4.78 is 12.9. The predicted octanol–water partition coefficient (Wildman–Crippen LogP) is 5.27. The topological polar surface area (TPSA) is 262 Å². The Hall–Kier alpha value is -7.61. The van der Waals surface area contributed by atoms with Gasteiger partial charge >= 0.3 is 11.9 Å². The monoisotopic (exact) mass is 819 g/mol. The van der Waals surface area contributed by atoms with Gasteiger partial charge in [-0.1, -0.05) is 12.1 Å². The fourth-order valence-corrected chi connectivity index (χ4v) is 8.12. The molecule has 5 aromatic rings. The van der Waals surface area contributed by atoms with Crippen molar-refractivity contribution in [3.05, 3.63) is 128 Å². The van der Waals surface area contributed by atoms with Gasteiger partial charge in [0.25, 0.3) is 22.6 Å². The van der Waals surface area contributed by atoms with Gasteiger partial charge in [0, 0.05) is 63.5 Å². The first-order valence-corrected chi connectivity index (χ1v) is 18.4. The number of pyridine rings is 2. The predicted molar refractivity (Wildman–Crippen MR) is 210 cm³/mol. The SMILES string of the molecule is CC[C@@]1(OC(=O)[C@H](C)O/N=C2\c3cc([N+](=O)[O-])cc(C)c3-c3c2cc([N+](=O)[O-])cc3[N+](=O)[O-])C(=O)OCc2c1cc1n(c2=O)Cc2cc3c(CN(C)C)c(O)ccc3nc2-1. The Bertz CT molecular complexity index is 2900. The Balaban J connectivity index is 1.17. The Morgan fingerprint density at radius 3 is 2.35 bits per heavy atom. The van der Waals surface area contributed by atoms with Crippen molar-refractivity contribution in [3.8, 4) is 28.3 Å². The van der Waals surface area contributed by atoms with E-state index in [4.69, 9.17) is 19.3 Å². The van der Waals surface area contributed by atoms with E-state index >= 15 is 0 Å². The number of cyclic esters (lactones) is 1. The van der Waals surface area contributed by atoms with Gasteiger partial charge in [-0.05, 0) is 64.2 Å². The molecule has 3 aromatic carbocycles. The second-order valence-electron chi connectivity index (χ2n) is 14.9. The minimum absolute atomic E-state index is 0.0163. The molecular weight excluding hydrogens is 786 g/mol. The summed E-state index contributed by atoms with van der Waals surface area (Å²) in [5, 5.41) is 51.3. The number of hydrogen-bond donors (Lipinski definition) is 1. The molecule has 0 saturated heterocycles. The molecule has 4 heterocycles. The highest BCUT2D eigenvalue weighted by molar-refractivity contribution is 6.26. The highest BCUT2D eigenvalue weighted by Gasteiger charge is 2.51. The number of nitro benzene ring substituents is 3. The van der Waals surface area contributed by atoms with E-state index in [-0.39, 0.29) is 63.4 Å². The number of nitro groups is 3. The number of benzene rings is 3. The number of aryl methyl sites for hydroxylation is 1. The zero-order chi connectivity index (χ0) is 43.1. The fourth-order valence-electron chi connectivity index (χ4n) is 8.12. The number of phenolic OH excluding ortho intramolecular Hbond substituents is 1. The minimum atomic E-state index is -2.14. The standard InChI is InChI=1S/C40H33N7O13/c1-6-40(28-14-31-35-20(15-44(31)37(49)27(28)17-58-39(40)51)10-23-26(16-43(4)5)32(48)8-7-29(23)41-35)59-38(50)19(3)60-42-36-24-11-21(45(52)53)9-18(2)33(24)34-25(36)12-22(46(54)55)13-30(34)47(56)57/h7-14,19,48H,6,15-17H2,1-5H3/b42-36+/t19-,40-/m0/s1. The summed E-state index contributed by atoms with van der Waals surface area (Å²) in [6.45, 7) is 4.41. The third-order valence-corrected chi connectivity index (χ3v) is 10.9. The molecule has 0 amide bonds. The van der Waals surface area contributed by atoms with Crippen LogP contribution in [0.1, 0.15) is 59.2 Å². The average Bonchev–Trinajstić information content (AvgIpc) is 3.73. The van der Waals surface area contributed by atoms with Gasteiger partial charge in [-0.3, -0.25) is 35.1 Å². The Morgan fingerprint density at radius 1 is 1.02 bits per heavy atom. The number of phenols is 1. The molecule has 20 nitrogen and oxygen atoms in total. The highest BCUT2D eigenvalue weighted by Crippen LogP contribution is 2.48. The third-order valence-electron chi connectivity index (χ3n) is 10.9. The molecule has 20 heteroatoms. The first-order chi connectivity index (χ1) is 28.4. The van der Waals surface area contributed by atoms with Crippen LogP contribution in [0.4, 0.5) is 17.1 Å². The number of esters is 2. The van der Waals surface area contributed by atoms with Gasteiger partial charge in [0.15, 0.2) is 0 Å². The molecule has 2 atom stereocenters. The molecule has 8 rings (SSSR count). The molecule has 0 spiro atoms. The number of hydrogen-bond acceptors (Lipinski definition) is 16. The average molecular weight is 820 g/mol. The van der Waals surface area contributed by atoms with Crippen LogP contribution in [0.5, 0.6) is 5.75 Å². The van der Waals surface area contributed by atoms with Crippen molar-refractivity contribution in [1.82, 2.24) is 14.5 Å². The number of non-ortho nitro benzene ring substituents is 2. The molecule has 0 radical (unpaired) electrons. The van der Waals surface area contributed by atoms with Gasteiger partial charge in [0.1, 0.15) is 18.1 Å². The normalized spacial score (nSPS) is 17.0. The molecule has 0 saturated carbocycles. The molecule has 0 fully saturated rings. The number of aromatic hydroxyl groups is 1. The molecule has 3 aliphatic rings. The Labute approximate surface area is 337 Å². The van der Waals surface area contributed by atoms with E-state index in [0.717, 1.165) is 18.2 Å². The fraction of sp³-hybridized carbons (Fsp3) is 0.275. The van der Waals surface area contributed by atoms with Gasteiger partial charge in [0.2, 0.25) is 11.7 Å². The van der Waals surface area contributed by atoms with Crippen LogP contribution in [0.25, 0.3) is 33.4 Å². The molecular formula is C40H33N7O13. The van der Waals surface area contributed by atoms with Crippen molar-refractivity contribution >= 4 is 45.6 Å². The lowest BCUT2D eigenvalue weighted by Gasteiger charge is -2.36. The van der Waals surface area contributed by atoms with E-state index < -0.39 is 67.6 Å². The maximum atomic E-state index is 14.1. The van der Waals surface area contributed by atoms with Crippen LogP contribution in [0.15, 0.2) is 58.5 Å². The summed E-state index contributed by atoms with van der Waals surface area (Å²) in [4.78, 5) is 87.5. The van der Waals surface area contributed by atoms with Crippen LogP contribution >= 0.6 is 0 Å². The van der Waals surface area contributed by atoms with E-state index in [1.54, 1.807) is 25.1 Å². The number of carbonyl (C=O) groups excluding carboxylic acids is 2. The van der Waals surface area contributed by atoms with Crippen molar-refractivity contribution in [2.75, 3.05) is 14.1 Å². The zero-order valence-corrected chi connectivity index (χ0v) is 32.5. The Morgan fingerprint density at radius 2 is 1.70 bits per heavy atom. The number of rotatable bonds is 10. The molecule has 60 heavy (non-hydrogen) atoms. The zero-order valence-electron chi connectivity index (χ0n) is 32.5. The lowest BCUT2D eigenvalue weighted by molar-refractivity contribution is -0.393. The lowest BCUT2D eigenvalue weighted by atomic mass is 9.85. The second-order valence-corrected chi connectivity index (χ2v) is 14.9.